The second-order valence-corrected chi connectivity index (χ2v) is 19.7. The molecule has 68 heavy (non-hydrogen) atoms. The lowest BCUT2D eigenvalue weighted by Crippen LogP contribution is -2.33. The Morgan fingerprint density at radius 1 is 0.721 bits per heavy atom. The van der Waals surface area contributed by atoms with Crippen molar-refractivity contribution in [1.29, 1.82) is 0 Å². The molecule has 2 aromatic heterocycles. The molecule has 0 fully saturated rings. The van der Waals surface area contributed by atoms with Crippen LogP contribution in [0.1, 0.15) is 54.1 Å². The Morgan fingerprint density at radius 2 is 1.22 bits per heavy atom. The van der Waals surface area contributed by atoms with Gasteiger partial charge >= 0.3 is 0 Å². The van der Waals surface area contributed by atoms with E-state index >= 15 is 0 Å². The van der Waals surface area contributed by atoms with Crippen molar-refractivity contribution in [2.24, 2.45) is 0 Å². The number of methoxy groups -OCH3 is 1. The van der Waals surface area contributed by atoms with Crippen LogP contribution in [0.25, 0.3) is 0 Å². The van der Waals surface area contributed by atoms with E-state index in [4.69, 9.17) is 37.4 Å². The number of ketones is 1. The van der Waals surface area contributed by atoms with Gasteiger partial charge < -0.3 is 14.2 Å². The Kier molecular flexibility index (Phi) is 20.2. The molecular weight excluding hydrogens is 1040 g/mol. The molecule has 0 radical (unpaired) electrons. The van der Waals surface area contributed by atoms with E-state index in [0.717, 1.165) is 21.5 Å². The van der Waals surface area contributed by atoms with Crippen LogP contribution in [-0.4, -0.2) is 83.8 Å². The number of nitrogens with zero attached hydrogens (tertiary/aromatic N) is 4. The molecule has 0 aliphatic heterocycles. The van der Waals surface area contributed by atoms with Gasteiger partial charge in [0.1, 0.15) is 40.2 Å². The van der Waals surface area contributed by atoms with Crippen molar-refractivity contribution in [3.05, 3.63) is 165 Å². The molecule has 2 heterocycles. The standard InChI is InChI=1S/C21H18ClFN2O4S.C16H18BrClN2O4S.C9H10FNO2/c1-13(2)29-17-6-8-18(9-7-17)30(27,28)25-19-11-15(22)12-24-20(19)21(26)14-4-3-5-16(23)10-14;1-11(2)24-13-4-6-14(7-5-13)25(21,22)20(10-23-3)15-8-12(18)9-19-16(15)17;1-11(13-2)9(12)7-4-3-5-8(10)6-7/h3-13,25H,1-2H3;4-9,11H,10H2,1-3H3;3-6H,1-2H3. The molecule has 1 amide bonds. The molecule has 6 aromatic rings. The first-order valence-electron chi connectivity index (χ1n) is 20.0. The number of halogens is 5. The van der Waals surface area contributed by atoms with E-state index in [1.165, 1.54) is 119 Å². The van der Waals surface area contributed by atoms with Gasteiger partial charge in [-0.15, -0.1) is 0 Å². The predicted octanol–water partition coefficient (Wildman–Crippen LogP) is 10.2. The summed E-state index contributed by atoms with van der Waals surface area (Å²) in [5.41, 5.74) is 0.272. The summed E-state index contributed by atoms with van der Waals surface area (Å²) < 4.78 is 97.8. The van der Waals surface area contributed by atoms with Gasteiger partial charge in [0.15, 0.2) is 0 Å². The summed E-state index contributed by atoms with van der Waals surface area (Å²) in [6, 6.07) is 25.3. The third-order valence-corrected chi connectivity index (χ3v) is 12.8. The fraction of sp³-hybridized carbons (Fsp3) is 0.217. The Bertz CT molecular complexity index is 2900. The highest BCUT2D eigenvalue weighted by Crippen LogP contribution is 2.32. The van der Waals surface area contributed by atoms with Crippen LogP contribution in [0.3, 0.4) is 0 Å². The van der Waals surface area contributed by atoms with Gasteiger partial charge in [0.2, 0.25) is 5.78 Å². The van der Waals surface area contributed by atoms with E-state index in [1.807, 2.05) is 27.7 Å². The highest BCUT2D eigenvalue weighted by molar-refractivity contribution is 9.10. The molecule has 0 aliphatic rings. The van der Waals surface area contributed by atoms with E-state index in [-0.39, 0.29) is 67.9 Å². The molecule has 0 saturated heterocycles. The quantitative estimate of drug-likeness (QED) is 0.0420. The maximum atomic E-state index is 13.5. The molecule has 0 atom stereocenters. The third kappa shape index (κ3) is 15.7. The number of nitrogens with one attached hydrogen (secondary N) is 1. The first-order chi connectivity index (χ1) is 32.1. The number of hydrogen-bond acceptors (Lipinski definition) is 12. The number of carbonyl (C=O) groups excluding carboxylic acids is 2. The maximum Gasteiger partial charge on any atom is 0.277 e. The molecule has 0 bridgehead atoms. The summed E-state index contributed by atoms with van der Waals surface area (Å²) in [6.45, 7) is 7.32. The number of sulfonamides is 2. The van der Waals surface area contributed by atoms with E-state index in [9.17, 15) is 35.2 Å². The number of hydroxylamine groups is 2. The molecule has 0 aliphatic carbocycles. The zero-order chi connectivity index (χ0) is 50.3. The predicted molar refractivity (Wildman–Crippen MR) is 258 cm³/mol. The molecule has 362 valence electrons. The maximum absolute atomic E-state index is 13.5. The number of rotatable bonds is 16. The summed E-state index contributed by atoms with van der Waals surface area (Å²) in [5.74, 6) is -0.935. The number of pyridine rings is 2. The molecule has 1 N–H and O–H groups in total. The largest absolute Gasteiger partial charge is 0.491 e. The van der Waals surface area contributed by atoms with Crippen molar-refractivity contribution in [2.45, 2.75) is 49.7 Å². The third-order valence-electron chi connectivity index (χ3n) is 8.62. The van der Waals surface area contributed by atoms with Crippen LogP contribution in [0.2, 0.25) is 10.0 Å². The highest BCUT2D eigenvalue weighted by atomic mass is 79.9. The topological polar surface area (TPSA) is 184 Å². The van der Waals surface area contributed by atoms with Crippen LogP contribution in [-0.2, 0) is 29.6 Å². The van der Waals surface area contributed by atoms with Crippen molar-refractivity contribution < 1.29 is 54.3 Å². The zero-order valence-corrected chi connectivity index (χ0v) is 42.2. The van der Waals surface area contributed by atoms with Crippen LogP contribution in [0.15, 0.2) is 136 Å². The average molecular weight is 1080 g/mol. The molecule has 6 rings (SSSR count). The van der Waals surface area contributed by atoms with Crippen LogP contribution >= 0.6 is 39.1 Å². The number of anilines is 2. The molecule has 0 saturated carbocycles. The van der Waals surface area contributed by atoms with Gasteiger partial charge in [-0.05, 0) is 135 Å². The SMILES string of the molecule is CC(C)Oc1ccc(S(=O)(=O)Nc2cc(Cl)cnc2C(=O)c2cccc(F)c2)cc1.COCN(c1cc(Cl)cnc1Br)S(=O)(=O)c1ccc(OC(C)C)cc1.CON(C)C(=O)c1cccc(F)c1. The first-order valence-corrected chi connectivity index (χ1v) is 24.5. The Morgan fingerprint density at radius 3 is 1.74 bits per heavy atom. The van der Waals surface area contributed by atoms with E-state index in [0.29, 0.717) is 21.1 Å². The normalized spacial score (nSPS) is 11.1. The molecule has 0 unspecified atom stereocenters. The van der Waals surface area contributed by atoms with Crippen molar-refractivity contribution in [2.75, 3.05) is 37.0 Å². The number of amides is 1. The minimum absolute atomic E-state index is 0.000868. The Hall–Kier alpha value is -5.74. The molecule has 4 aromatic carbocycles. The van der Waals surface area contributed by atoms with Gasteiger partial charge in [-0.2, -0.15) is 0 Å². The average Bonchev–Trinajstić information content (AvgIpc) is 3.28. The number of ether oxygens (including phenoxy) is 3. The van der Waals surface area contributed by atoms with Crippen molar-refractivity contribution in [3.8, 4) is 11.5 Å². The van der Waals surface area contributed by atoms with E-state index in [1.54, 1.807) is 12.1 Å². The van der Waals surface area contributed by atoms with E-state index < -0.39 is 37.5 Å². The van der Waals surface area contributed by atoms with E-state index in [2.05, 4.69) is 35.5 Å². The van der Waals surface area contributed by atoms with Gasteiger partial charge in [-0.25, -0.2) is 45.0 Å². The van der Waals surface area contributed by atoms with Gasteiger partial charge in [-0.3, -0.25) is 19.1 Å². The minimum atomic E-state index is -4.05. The lowest BCUT2D eigenvalue weighted by molar-refractivity contribution is -0.0757. The number of benzene rings is 4. The fourth-order valence-corrected chi connectivity index (χ4v) is 8.88. The second kappa shape index (κ2) is 25.0. The van der Waals surface area contributed by atoms with Crippen LogP contribution < -0.4 is 18.5 Å². The number of carbonyl (C=O) groups is 2. The molecule has 15 nitrogen and oxygen atoms in total. The van der Waals surface area contributed by atoms with Gasteiger partial charge in [-0.1, -0.05) is 41.4 Å². The van der Waals surface area contributed by atoms with Crippen LogP contribution in [0, 0.1) is 11.6 Å². The Labute approximate surface area is 412 Å². The van der Waals surface area contributed by atoms with Crippen LogP contribution in [0.5, 0.6) is 11.5 Å². The zero-order valence-electron chi connectivity index (χ0n) is 37.5. The van der Waals surface area contributed by atoms with Gasteiger partial charge in [0.05, 0.1) is 50.5 Å². The summed E-state index contributed by atoms with van der Waals surface area (Å²) in [5, 5.41) is 1.48. The molecular formula is C46H46BrCl2F2N5O10S2. The summed E-state index contributed by atoms with van der Waals surface area (Å²) >= 11 is 15.2. The van der Waals surface area contributed by atoms with Crippen molar-refractivity contribution in [1.82, 2.24) is 15.0 Å². The minimum Gasteiger partial charge on any atom is -0.491 e. The lowest BCUT2D eigenvalue weighted by atomic mass is 10.1. The summed E-state index contributed by atoms with van der Waals surface area (Å²) in [6.07, 6.45) is 2.58. The Balaban J connectivity index is 0.000000239. The number of hydrogen-bond donors (Lipinski definition) is 1. The van der Waals surface area contributed by atoms with Gasteiger partial charge in [0.25, 0.3) is 26.0 Å². The second-order valence-electron chi connectivity index (χ2n) is 14.5. The van der Waals surface area contributed by atoms with Gasteiger partial charge in [0, 0.05) is 37.7 Å². The van der Waals surface area contributed by atoms with Crippen molar-refractivity contribution in [3.63, 3.8) is 0 Å². The van der Waals surface area contributed by atoms with Crippen molar-refractivity contribution >= 4 is 82.2 Å². The number of aromatic nitrogens is 2. The monoisotopic (exact) mass is 1080 g/mol. The summed E-state index contributed by atoms with van der Waals surface area (Å²) in [7, 11) is -3.68. The molecule has 0 spiro atoms. The fourth-order valence-electron chi connectivity index (χ4n) is 5.59. The highest BCUT2D eigenvalue weighted by Gasteiger charge is 2.28. The summed E-state index contributed by atoms with van der Waals surface area (Å²) in [4.78, 5) is 36.9. The smallest absolute Gasteiger partial charge is 0.277 e. The first kappa shape index (κ1) is 54.9. The molecule has 22 heteroatoms. The lowest BCUT2D eigenvalue weighted by Gasteiger charge is -2.24. The van der Waals surface area contributed by atoms with Crippen LogP contribution in [0.4, 0.5) is 20.2 Å².